The highest BCUT2D eigenvalue weighted by molar-refractivity contribution is 5.85. The van der Waals surface area contributed by atoms with Crippen LogP contribution in [0, 0.1) is 0 Å². The van der Waals surface area contributed by atoms with E-state index in [1.165, 1.54) is 10.8 Å². The Kier molecular flexibility index (Phi) is 3.53. The molecule has 18 heavy (non-hydrogen) atoms. The number of nitrogens with two attached hydrogens (primary N) is 2. The summed E-state index contributed by atoms with van der Waals surface area (Å²) in [6.07, 6.45) is 4.38. The minimum Gasteiger partial charge on any atom is -0.481 e. The number of hydrogen-bond donors (Lipinski definition) is 2. The van der Waals surface area contributed by atoms with E-state index in [0.717, 1.165) is 12.1 Å². The monoisotopic (exact) mass is 242 g/mol. The molecule has 0 fully saturated rings. The van der Waals surface area contributed by atoms with Crippen LogP contribution in [0.4, 0.5) is 5.69 Å². The zero-order chi connectivity index (χ0) is 13.0. The second-order valence-electron chi connectivity index (χ2n) is 4.61. The van der Waals surface area contributed by atoms with E-state index in [0.29, 0.717) is 0 Å². The van der Waals surface area contributed by atoms with Crippen LogP contribution in [0.15, 0.2) is 54.8 Å². The average molecular weight is 242 g/mol. The highest BCUT2D eigenvalue weighted by atomic mass is 16.5. The SMILES string of the molecule is CC1(N)CC=CO1.Nc1ccc2ccccc2c1. The molecule has 1 aliphatic heterocycles. The number of anilines is 1. The molecule has 0 radical (unpaired) electrons. The van der Waals surface area contributed by atoms with Crippen molar-refractivity contribution in [1.82, 2.24) is 0 Å². The minimum absolute atomic E-state index is 0.417. The van der Waals surface area contributed by atoms with E-state index in [1.54, 1.807) is 6.26 Å². The molecule has 0 saturated heterocycles. The van der Waals surface area contributed by atoms with Crippen molar-refractivity contribution < 1.29 is 4.74 Å². The van der Waals surface area contributed by atoms with Gasteiger partial charge in [-0.25, -0.2) is 0 Å². The van der Waals surface area contributed by atoms with Gasteiger partial charge in [0.15, 0.2) is 5.72 Å². The van der Waals surface area contributed by atoms with Crippen molar-refractivity contribution in [1.29, 1.82) is 0 Å². The molecule has 1 aliphatic rings. The molecule has 0 aromatic heterocycles. The first-order chi connectivity index (χ1) is 8.57. The van der Waals surface area contributed by atoms with Gasteiger partial charge >= 0.3 is 0 Å². The van der Waals surface area contributed by atoms with Gasteiger partial charge < -0.3 is 10.5 Å². The molecule has 1 unspecified atom stereocenters. The predicted molar refractivity (Wildman–Crippen MR) is 75.8 cm³/mol. The van der Waals surface area contributed by atoms with E-state index in [1.807, 2.05) is 43.3 Å². The van der Waals surface area contributed by atoms with Gasteiger partial charge in [-0.1, -0.05) is 30.3 Å². The van der Waals surface area contributed by atoms with Gasteiger partial charge in [-0.05, 0) is 35.9 Å². The third-order valence-corrected chi connectivity index (χ3v) is 2.73. The predicted octanol–water partition coefficient (Wildman–Crippen LogP) is 3.02. The fourth-order valence-corrected chi connectivity index (χ4v) is 1.74. The maximum Gasteiger partial charge on any atom is 0.158 e. The smallest absolute Gasteiger partial charge is 0.158 e. The van der Waals surface area contributed by atoms with Gasteiger partial charge in [0.05, 0.1) is 6.26 Å². The molecule has 94 valence electrons. The molecule has 4 N–H and O–H groups in total. The molecule has 0 saturated carbocycles. The molecule has 3 nitrogen and oxygen atoms in total. The molecular formula is C15H18N2O. The standard InChI is InChI=1S/C10H9N.C5H9NO/c11-10-6-5-8-3-1-2-4-9(8)7-10;1-5(6)3-2-4-7-5/h1-7H,11H2;2,4H,3,6H2,1H3. The van der Waals surface area contributed by atoms with Crippen LogP contribution in [0.1, 0.15) is 13.3 Å². The van der Waals surface area contributed by atoms with Crippen LogP contribution in [0.3, 0.4) is 0 Å². The van der Waals surface area contributed by atoms with Gasteiger partial charge in [0.1, 0.15) is 0 Å². The van der Waals surface area contributed by atoms with Gasteiger partial charge in [-0.3, -0.25) is 5.73 Å². The Bertz CT molecular complexity index is 551. The van der Waals surface area contributed by atoms with E-state index < -0.39 is 5.72 Å². The van der Waals surface area contributed by atoms with Gasteiger partial charge in [0, 0.05) is 12.1 Å². The summed E-state index contributed by atoms with van der Waals surface area (Å²) in [5.74, 6) is 0. The topological polar surface area (TPSA) is 61.3 Å². The number of hydrogen-bond acceptors (Lipinski definition) is 3. The molecule has 3 heteroatoms. The zero-order valence-corrected chi connectivity index (χ0v) is 10.5. The Balaban J connectivity index is 0.000000149. The lowest BCUT2D eigenvalue weighted by molar-refractivity contribution is 0.0703. The molecule has 1 atom stereocenters. The zero-order valence-electron chi connectivity index (χ0n) is 10.5. The second kappa shape index (κ2) is 5.10. The van der Waals surface area contributed by atoms with Crippen LogP contribution in [0.2, 0.25) is 0 Å². The number of benzene rings is 2. The van der Waals surface area contributed by atoms with Crippen molar-refractivity contribution in [3.8, 4) is 0 Å². The molecule has 1 heterocycles. The lowest BCUT2D eigenvalue weighted by atomic mass is 10.1. The van der Waals surface area contributed by atoms with E-state index in [-0.39, 0.29) is 0 Å². The van der Waals surface area contributed by atoms with Crippen LogP contribution in [0.5, 0.6) is 0 Å². The summed E-state index contributed by atoms with van der Waals surface area (Å²) in [5, 5.41) is 2.44. The number of rotatable bonds is 0. The fraction of sp³-hybridized carbons (Fsp3) is 0.200. The third kappa shape index (κ3) is 3.25. The van der Waals surface area contributed by atoms with Gasteiger partial charge in [-0.2, -0.15) is 0 Å². The van der Waals surface area contributed by atoms with Crippen LogP contribution in [-0.4, -0.2) is 5.72 Å². The molecule has 0 bridgehead atoms. The largest absolute Gasteiger partial charge is 0.481 e. The summed E-state index contributed by atoms with van der Waals surface area (Å²) < 4.78 is 4.94. The maximum absolute atomic E-state index is 5.62. The number of nitrogen functional groups attached to an aromatic ring is 1. The van der Waals surface area contributed by atoms with E-state index >= 15 is 0 Å². The molecule has 2 aromatic carbocycles. The van der Waals surface area contributed by atoms with Crippen molar-refractivity contribution in [3.05, 3.63) is 54.8 Å². The first-order valence-electron chi connectivity index (χ1n) is 5.93. The van der Waals surface area contributed by atoms with Crippen molar-refractivity contribution in [3.63, 3.8) is 0 Å². The molecule has 2 aromatic rings. The van der Waals surface area contributed by atoms with Crippen LogP contribution < -0.4 is 11.5 Å². The Morgan fingerprint density at radius 2 is 1.83 bits per heavy atom. The Morgan fingerprint density at radius 3 is 2.39 bits per heavy atom. The highest BCUT2D eigenvalue weighted by Gasteiger charge is 2.19. The molecule has 3 rings (SSSR count). The minimum atomic E-state index is -0.417. The Labute approximate surface area is 107 Å². The van der Waals surface area contributed by atoms with Crippen molar-refractivity contribution in [2.24, 2.45) is 5.73 Å². The second-order valence-corrected chi connectivity index (χ2v) is 4.61. The molecule has 0 spiro atoms. The molecule has 0 amide bonds. The Morgan fingerprint density at radius 1 is 1.11 bits per heavy atom. The Hall–Kier alpha value is -2.00. The van der Waals surface area contributed by atoms with Crippen LogP contribution in [-0.2, 0) is 4.74 Å². The average Bonchev–Trinajstić information content (AvgIpc) is 2.74. The normalized spacial score (nSPS) is 21.2. The van der Waals surface area contributed by atoms with E-state index in [4.69, 9.17) is 16.2 Å². The lowest BCUT2D eigenvalue weighted by Gasteiger charge is -2.15. The fourth-order valence-electron chi connectivity index (χ4n) is 1.74. The molecular weight excluding hydrogens is 224 g/mol. The molecule has 0 aliphatic carbocycles. The highest BCUT2D eigenvalue weighted by Crippen LogP contribution is 2.16. The van der Waals surface area contributed by atoms with Crippen molar-refractivity contribution >= 4 is 16.5 Å². The summed E-state index contributed by atoms with van der Waals surface area (Å²) in [5.41, 5.74) is 11.5. The lowest BCUT2D eigenvalue weighted by Crippen LogP contribution is -2.34. The maximum atomic E-state index is 5.62. The third-order valence-electron chi connectivity index (χ3n) is 2.73. The number of ether oxygens (including phenoxy) is 1. The van der Waals surface area contributed by atoms with E-state index in [9.17, 15) is 0 Å². The number of fused-ring (bicyclic) bond motifs is 1. The van der Waals surface area contributed by atoms with E-state index in [2.05, 4.69) is 12.1 Å². The van der Waals surface area contributed by atoms with Crippen LogP contribution >= 0.6 is 0 Å². The van der Waals surface area contributed by atoms with Crippen molar-refractivity contribution in [2.45, 2.75) is 19.1 Å². The van der Waals surface area contributed by atoms with Gasteiger partial charge in [-0.15, -0.1) is 0 Å². The summed E-state index contributed by atoms with van der Waals surface area (Å²) >= 11 is 0. The summed E-state index contributed by atoms with van der Waals surface area (Å²) in [6.45, 7) is 1.85. The summed E-state index contributed by atoms with van der Waals surface area (Å²) in [6, 6.07) is 14.1. The van der Waals surface area contributed by atoms with Crippen LogP contribution in [0.25, 0.3) is 10.8 Å². The quantitative estimate of drug-likeness (QED) is 0.698. The van der Waals surface area contributed by atoms with Gasteiger partial charge in [0.2, 0.25) is 0 Å². The first kappa shape index (κ1) is 12.5. The first-order valence-corrected chi connectivity index (χ1v) is 5.93. The van der Waals surface area contributed by atoms with Crippen molar-refractivity contribution in [2.75, 3.05) is 5.73 Å². The summed E-state index contributed by atoms with van der Waals surface area (Å²) in [7, 11) is 0. The van der Waals surface area contributed by atoms with Gasteiger partial charge in [0.25, 0.3) is 0 Å². The summed E-state index contributed by atoms with van der Waals surface area (Å²) in [4.78, 5) is 0.